The fraction of sp³-hybridized carbons (Fsp3) is 0.158. The lowest BCUT2D eigenvalue weighted by atomic mass is 10.0. The molecule has 0 unspecified atom stereocenters. The molecular weight excluding hydrogens is 329 g/mol. The van der Waals surface area contributed by atoms with Crippen LogP contribution >= 0.6 is 0 Å². The van der Waals surface area contributed by atoms with E-state index in [2.05, 4.69) is 26.8 Å². The number of nitrogens with one attached hydrogen (secondary N) is 1. The first-order valence-corrected chi connectivity index (χ1v) is 7.86. The zero-order valence-electron chi connectivity index (χ0n) is 13.1. The van der Waals surface area contributed by atoms with Crippen molar-refractivity contribution >= 4 is 0 Å². The molecule has 4 rings (SSSR count). The molecular formula is C19H15F3N2O. The molecule has 1 aliphatic heterocycles. The topological polar surface area (TPSA) is 26.2 Å². The maximum atomic E-state index is 12.3. The van der Waals surface area contributed by atoms with Crippen LogP contribution in [0.5, 0.6) is 5.75 Å². The number of ether oxygens (including phenoxy) is 1. The summed E-state index contributed by atoms with van der Waals surface area (Å²) in [6, 6.07) is 18.0. The quantitative estimate of drug-likeness (QED) is 0.737. The lowest BCUT2D eigenvalue weighted by Crippen LogP contribution is -2.21. The molecule has 1 aromatic heterocycles. The number of aromatic nitrogens is 1. The fourth-order valence-electron chi connectivity index (χ4n) is 3.21. The van der Waals surface area contributed by atoms with Crippen LogP contribution < -0.4 is 10.1 Å². The molecule has 1 aliphatic rings. The third-order valence-corrected chi connectivity index (χ3v) is 4.27. The smallest absolute Gasteiger partial charge is 0.406 e. The van der Waals surface area contributed by atoms with Crippen LogP contribution in [0.2, 0.25) is 0 Å². The Hall–Kier alpha value is -2.73. The number of rotatable bonds is 2. The molecule has 0 spiro atoms. The van der Waals surface area contributed by atoms with Crippen LogP contribution in [0.25, 0.3) is 5.69 Å². The van der Waals surface area contributed by atoms with Gasteiger partial charge in [-0.2, -0.15) is 0 Å². The Morgan fingerprint density at radius 1 is 0.960 bits per heavy atom. The lowest BCUT2D eigenvalue weighted by Gasteiger charge is -2.18. The highest BCUT2D eigenvalue weighted by molar-refractivity contribution is 5.47. The summed E-state index contributed by atoms with van der Waals surface area (Å²) >= 11 is 0. The minimum Gasteiger partial charge on any atom is -0.406 e. The van der Waals surface area contributed by atoms with E-state index in [0.29, 0.717) is 6.54 Å². The van der Waals surface area contributed by atoms with Crippen molar-refractivity contribution in [2.24, 2.45) is 0 Å². The summed E-state index contributed by atoms with van der Waals surface area (Å²) in [6.45, 7) is 0.670. The Kier molecular flexibility index (Phi) is 3.77. The zero-order chi connectivity index (χ0) is 17.4. The molecule has 0 bridgehead atoms. The molecule has 0 fully saturated rings. The van der Waals surface area contributed by atoms with E-state index in [1.807, 2.05) is 30.5 Å². The number of halogens is 3. The Balaban J connectivity index is 1.68. The van der Waals surface area contributed by atoms with E-state index in [0.717, 1.165) is 16.9 Å². The second-order valence-corrected chi connectivity index (χ2v) is 5.86. The van der Waals surface area contributed by atoms with Gasteiger partial charge >= 0.3 is 6.36 Å². The molecule has 0 saturated heterocycles. The molecule has 25 heavy (non-hydrogen) atoms. The number of nitrogens with zero attached hydrogens (tertiary/aromatic N) is 1. The summed E-state index contributed by atoms with van der Waals surface area (Å²) in [5, 5.41) is 3.48. The van der Waals surface area contributed by atoms with Gasteiger partial charge in [0.1, 0.15) is 5.75 Å². The van der Waals surface area contributed by atoms with Crippen LogP contribution in [-0.4, -0.2) is 10.9 Å². The van der Waals surface area contributed by atoms with Crippen molar-refractivity contribution in [2.75, 3.05) is 0 Å². The second kappa shape index (κ2) is 5.97. The van der Waals surface area contributed by atoms with Crippen LogP contribution in [0.4, 0.5) is 13.2 Å². The van der Waals surface area contributed by atoms with E-state index in [1.54, 1.807) is 12.1 Å². The lowest BCUT2D eigenvalue weighted by molar-refractivity contribution is -0.274. The largest absolute Gasteiger partial charge is 0.573 e. The highest BCUT2D eigenvalue weighted by atomic mass is 19.4. The van der Waals surface area contributed by atoms with Crippen LogP contribution in [-0.2, 0) is 6.54 Å². The van der Waals surface area contributed by atoms with Gasteiger partial charge in [-0.3, -0.25) is 0 Å². The Bertz CT molecular complexity index is 884. The minimum atomic E-state index is -4.68. The van der Waals surface area contributed by atoms with E-state index >= 15 is 0 Å². The van der Waals surface area contributed by atoms with Gasteiger partial charge in [-0.1, -0.05) is 30.3 Å². The van der Waals surface area contributed by atoms with E-state index in [4.69, 9.17) is 0 Å². The van der Waals surface area contributed by atoms with Gasteiger partial charge in [0.05, 0.1) is 6.04 Å². The van der Waals surface area contributed by atoms with E-state index in [1.165, 1.54) is 17.7 Å². The van der Waals surface area contributed by atoms with Crippen LogP contribution in [0, 0.1) is 0 Å². The van der Waals surface area contributed by atoms with Crippen molar-refractivity contribution in [3.8, 4) is 11.4 Å². The molecule has 2 aromatic carbocycles. The van der Waals surface area contributed by atoms with Gasteiger partial charge in [0.2, 0.25) is 0 Å². The third-order valence-electron chi connectivity index (χ3n) is 4.27. The first kappa shape index (κ1) is 15.8. The highest BCUT2D eigenvalue weighted by Crippen LogP contribution is 2.31. The molecule has 128 valence electrons. The first-order chi connectivity index (χ1) is 12.0. The van der Waals surface area contributed by atoms with Gasteiger partial charge in [0, 0.05) is 24.1 Å². The monoisotopic (exact) mass is 344 g/mol. The van der Waals surface area contributed by atoms with Crippen molar-refractivity contribution in [1.82, 2.24) is 9.88 Å². The zero-order valence-corrected chi connectivity index (χ0v) is 13.1. The highest BCUT2D eigenvalue weighted by Gasteiger charge is 2.31. The summed E-state index contributed by atoms with van der Waals surface area (Å²) in [5.74, 6) is -0.219. The summed E-state index contributed by atoms with van der Waals surface area (Å²) in [7, 11) is 0. The van der Waals surface area contributed by atoms with Gasteiger partial charge in [0.25, 0.3) is 0 Å². The van der Waals surface area contributed by atoms with Gasteiger partial charge < -0.3 is 14.6 Å². The van der Waals surface area contributed by atoms with E-state index < -0.39 is 6.36 Å². The first-order valence-electron chi connectivity index (χ1n) is 7.86. The molecule has 2 heterocycles. The Labute approximate surface area is 142 Å². The number of para-hydroxylation sites is 1. The standard InChI is InChI=1S/C19H15F3N2O/c20-19(21,22)25-15-9-7-13(8-10-15)18-17-6-3-11-24(17)16-5-2-1-4-14(16)12-23-18/h1-11,18,23H,12H2/t18-/m1/s1. The van der Waals surface area contributed by atoms with Crippen LogP contribution in [0.15, 0.2) is 66.9 Å². The van der Waals surface area contributed by atoms with Gasteiger partial charge in [-0.05, 0) is 41.5 Å². The Morgan fingerprint density at radius 2 is 1.72 bits per heavy atom. The van der Waals surface area contributed by atoms with Crippen molar-refractivity contribution < 1.29 is 17.9 Å². The maximum Gasteiger partial charge on any atom is 0.573 e. The molecule has 1 atom stereocenters. The van der Waals surface area contributed by atoms with Gasteiger partial charge in [-0.25, -0.2) is 0 Å². The van der Waals surface area contributed by atoms with E-state index in [-0.39, 0.29) is 11.8 Å². The summed E-state index contributed by atoms with van der Waals surface area (Å²) in [6.07, 6.45) is -2.69. The normalized spacial score (nSPS) is 16.7. The van der Waals surface area contributed by atoms with Crippen LogP contribution in [0.1, 0.15) is 22.9 Å². The molecule has 0 saturated carbocycles. The summed E-state index contributed by atoms with van der Waals surface area (Å²) in [4.78, 5) is 0. The maximum absolute atomic E-state index is 12.3. The number of alkyl halides is 3. The van der Waals surface area contributed by atoms with Gasteiger partial charge in [-0.15, -0.1) is 13.2 Å². The average molecular weight is 344 g/mol. The summed E-state index contributed by atoms with van der Waals surface area (Å²) in [5.41, 5.74) is 4.19. The fourth-order valence-corrected chi connectivity index (χ4v) is 3.21. The molecule has 0 aliphatic carbocycles. The van der Waals surface area contributed by atoms with Gasteiger partial charge in [0.15, 0.2) is 0 Å². The average Bonchev–Trinajstić information content (AvgIpc) is 2.99. The van der Waals surface area contributed by atoms with Crippen molar-refractivity contribution in [2.45, 2.75) is 18.9 Å². The number of benzene rings is 2. The third kappa shape index (κ3) is 3.13. The molecule has 3 aromatic rings. The Morgan fingerprint density at radius 3 is 2.48 bits per heavy atom. The predicted molar refractivity (Wildman–Crippen MR) is 87.6 cm³/mol. The molecule has 0 radical (unpaired) electrons. The minimum absolute atomic E-state index is 0.123. The predicted octanol–water partition coefficient (Wildman–Crippen LogP) is 4.57. The number of hydrogen-bond donors (Lipinski definition) is 1. The van der Waals surface area contributed by atoms with Crippen LogP contribution in [0.3, 0.4) is 0 Å². The van der Waals surface area contributed by atoms with Crippen molar-refractivity contribution in [3.05, 3.63) is 83.7 Å². The van der Waals surface area contributed by atoms with E-state index in [9.17, 15) is 13.2 Å². The van der Waals surface area contributed by atoms with Crippen molar-refractivity contribution in [1.29, 1.82) is 0 Å². The SMILES string of the molecule is FC(F)(F)Oc1ccc([C@H]2NCc3ccccc3-n3cccc32)cc1. The molecule has 0 amide bonds. The second-order valence-electron chi connectivity index (χ2n) is 5.86. The summed E-state index contributed by atoms with van der Waals surface area (Å²) < 4.78 is 43.0. The molecule has 3 nitrogen and oxygen atoms in total. The molecule has 1 N–H and O–H groups in total. The number of hydrogen-bond acceptors (Lipinski definition) is 2. The number of fused-ring (bicyclic) bond motifs is 3. The molecule has 6 heteroatoms. The van der Waals surface area contributed by atoms with Crippen molar-refractivity contribution in [3.63, 3.8) is 0 Å².